The van der Waals surface area contributed by atoms with Crippen molar-refractivity contribution >= 4 is 28.6 Å². The summed E-state index contributed by atoms with van der Waals surface area (Å²) in [5, 5.41) is 17.5. The number of esters is 1. The van der Waals surface area contributed by atoms with Crippen molar-refractivity contribution < 1.29 is 19.7 Å². The molecule has 0 bridgehead atoms. The first-order valence-corrected chi connectivity index (χ1v) is 5.43. The average Bonchev–Trinajstić information content (AvgIpc) is 2.26. The van der Waals surface area contributed by atoms with Crippen LogP contribution in [0.2, 0.25) is 0 Å². The second-order valence-corrected chi connectivity index (χ2v) is 4.08. The highest BCUT2D eigenvalue weighted by molar-refractivity contribution is 14.1. The average molecular weight is 322 g/mol. The van der Waals surface area contributed by atoms with Gasteiger partial charge < -0.3 is 14.9 Å². The Morgan fingerprint density at radius 1 is 1.47 bits per heavy atom. The third kappa shape index (κ3) is 3.77. The summed E-state index contributed by atoms with van der Waals surface area (Å²) in [6.45, 7) is -0.612. The number of ether oxygens (including phenoxy) is 1. The first-order valence-electron chi connectivity index (χ1n) is 4.35. The minimum Gasteiger partial charge on any atom is -0.459 e. The van der Waals surface area contributed by atoms with Crippen LogP contribution >= 0.6 is 22.6 Å². The molecule has 0 aromatic heterocycles. The number of benzene rings is 1. The summed E-state index contributed by atoms with van der Waals surface area (Å²) in [4.78, 5) is 11.5. The van der Waals surface area contributed by atoms with Crippen LogP contribution in [0.25, 0.3) is 0 Å². The molecule has 0 heterocycles. The van der Waals surface area contributed by atoms with Crippen LogP contribution in [0.5, 0.6) is 0 Å². The van der Waals surface area contributed by atoms with E-state index in [0.717, 1.165) is 3.57 Å². The predicted octanol–water partition coefficient (Wildman–Crippen LogP) is 0.801. The van der Waals surface area contributed by atoms with E-state index in [2.05, 4.69) is 0 Å². The highest BCUT2D eigenvalue weighted by Crippen LogP contribution is 2.12. The number of aliphatic hydroxyl groups excluding tert-OH is 2. The first kappa shape index (κ1) is 12.4. The summed E-state index contributed by atoms with van der Waals surface area (Å²) in [7, 11) is 0. The minimum absolute atomic E-state index is 0.194. The van der Waals surface area contributed by atoms with Gasteiger partial charge in [-0.3, -0.25) is 0 Å². The highest BCUT2D eigenvalue weighted by Gasteiger charge is 2.12. The van der Waals surface area contributed by atoms with Crippen LogP contribution in [0.4, 0.5) is 0 Å². The lowest BCUT2D eigenvalue weighted by Gasteiger charge is -2.09. The maximum absolute atomic E-state index is 11.5. The quantitative estimate of drug-likeness (QED) is 0.636. The lowest BCUT2D eigenvalue weighted by atomic mass is 10.2. The molecule has 0 saturated heterocycles. The summed E-state index contributed by atoms with van der Waals surface area (Å²) in [5.41, 5.74) is 0.461. The van der Waals surface area contributed by atoms with Crippen LogP contribution in [-0.2, 0) is 4.74 Å². The van der Waals surface area contributed by atoms with Gasteiger partial charge >= 0.3 is 5.97 Å². The lowest BCUT2D eigenvalue weighted by Crippen LogP contribution is -2.22. The molecule has 0 fully saturated rings. The van der Waals surface area contributed by atoms with Gasteiger partial charge in [0.25, 0.3) is 0 Å². The third-order valence-corrected chi connectivity index (χ3v) is 2.65. The third-order valence-electron chi connectivity index (χ3n) is 1.71. The Labute approximate surface area is 101 Å². The molecule has 1 rings (SSSR count). The highest BCUT2D eigenvalue weighted by atomic mass is 127. The van der Waals surface area contributed by atoms with E-state index in [0.29, 0.717) is 5.56 Å². The molecule has 1 unspecified atom stereocenters. The zero-order valence-corrected chi connectivity index (χ0v) is 10.0. The number of carbonyl (C=O) groups is 1. The number of hydrogen-bond donors (Lipinski definition) is 2. The van der Waals surface area contributed by atoms with E-state index in [-0.39, 0.29) is 6.61 Å². The van der Waals surface area contributed by atoms with Crippen molar-refractivity contribution in [2.24, 2.45) is 0 Å². The second kappa shape index (κ2) is 6.04. The van der Waals surface area contributed by atoms with E-state index < -0.39 is 18.7 Å². The Bertz CT molecular complexity index is 340. The smallest absolute Gasteiger partial charge is 0.339 e. The summed E-state index contributed by atoms with van der Waals surface area (Å²) < 4.78 is 5.60. The fourth-order valence-corrected chi connectivity index (χ4v) is 1.54. The molecule has 0 amide bonds. The number of aliphatic hydroxyl groups is 2. The first-order chi connectivity index (χ1) is 7.15. The van der Waals surface area contributed by atoms with Gasteiger partial charge in [0.1, 0.15) is 12.7 Å². The van der Waals surface area contributed by atoms with E-state index in [9.17, 15) is 4.79 Å². The fourth-order valence-electron chi connectivity index (χ4n) is 0.929. The second-order valence-electron chi connectivity index (χ2n) is 2.91. The zero-order chi connectivity index (χ0) is 11.3. The molecule has 82 valence electrons. The predicted molar refractivity (Wildman–Crippen MR) is 62.5 cm³/mol. The van der Waals surface area contributed by atoms with Gasteiger partial charge in [0.05, 0.1) is 12.2 Å². The van der Waals surface area contributed by atoms with Crippen LogP contribution in [0.15, 0.2) is 24.3 Å². The van der Waals surface area contributed by atoms with Gasteiger partial charge in [-0.15, -0.1) is 0 Å². The molecular formula is C10H11IO4. The van der Waals surface area contributed by atoms with E-state index in [1.807, 2.05) is 28.7 Å². The molecule has 0 aliphatic carbocycles. The Morgan fingerprint density at radius 3 is 2.73 bits per heavy atom. The largest absolute Gasteiger partial charge is 0.459 e. The molecule has 1 atom stereocenters. The normalized spacial score (nSPS) is 12.2. The molecule has 1 aromatic rings. The van der Waals surface area contributed by atoms with Crippen LogP contribution in [0.1, 0.15) is 10.4 Å². The van der Waals surface area contributed by atoms with Crippen LogP contribution in [-0.4, -0.2) is 35.5 Å². The fraction of sp³-hybridized carbons (Fsp3) is 0.300. The Balaban J connectivity index is 2.58. The van der Waals surface area contributed by atoms with Crippen molar-refractivity contribution in [1.29, 1.82) is 0 Å². The van der Waals surface area contributed by atoms with Gasteiger partial charge in [0.2, 0.25) is 0 Å². The van der Waals surface area contributed by atoms with Gasteiger partial charge in [-0.1, -0.05) is 12.1 Å². The number of hydrogen-bond acceptors (Lipinski definition) is 4. The molecule has 1 aromatic carbocycles. The monoisotopic (exact) mass is 322 g/mol. The van der Waals surface area contributed by atoms with Crippen molar-refractivity contribution in [3.8, 4) is 0 Å². The Hall–Kier alpha value is -0.660. The van der Waals surface area contributed by atoms with Crippen LogP contribution in [0.3, 0.4) is 0 Å². The van der Waals surface area contributed by atoms with Gasteiger partial charge in [0, 0.05) is 3.57 Å². The van der Waals surface area contributed by atoms with E-state index in [4.69, 9.17) is 14.9 Å². The van der Waals surface area contributed by atoms with Crippen molar-refractivity contribution in [2.45, 2.75) is 6.10 Å². The molecule has 0 saturated carbocycles. The number of rotatable bonds is 4. The minimum atomic E-state index is -1.02. The van der Waals surface area contributed by atoms with Gasteiger partial charge in [0.15, 0.2) is 0 Å². The molecule has 15 heavy (non-hydrogen) atoms. The zero-order valence-electron chi connectivity index (χ0n) is 7.89. The molecule has 0 aliphatic heterocycles. The standard InChI is InChI=1S/C10H11IO4/c11-9-4-2-1-3-8(9)10(14)15-6-7(13)5-12/h1-4,7,12-13H,5-6H2. The van der Waals surface area contributed by atoms with Crippen molar-refractivity contribution in [1.82, 2.24) is 0 Å². The SMILES string of the molecule is O=C(OCC(O)CO)c1ccccc1I. The van der Waals surface area contributed by atoms with Crippen molar-refractivity contribution in [3.05, 3.63) is 33.4 Å². The van der Waals surface area contributed by atoms with Crippen molar-refractivity contribution in [3.63, 3.8) is 0 Å². The molecule has 0 spiro atoms. The summed E-state index contributed by atoms with van der Waals surface area (Å²) in [5.74, 6) is -0.493. The maximum atomic E-state index is 11.5. The Kier molecular flexibility index (Phi) is 5.00. The number of halogens is 1. The van der Waals surface area contributed by atoms with Crippen LogP contribution < -0.4 is 0 Å². The van der Waals surface area contributed by atoms with E-state index in [1.165, 1.54) is 0 Å². The van der Waals surface area contributed by atoms with Gasteiger partial charge in [-0.2, -0.15) is 0 Å². The molecule has 0 radical (unpaired) electrons. The molecule has 4 nitrogen and oxygen atoms in total. The topological polar surface area (TPSA) is 66.8 Å². The molecule has 5 heteroatoms. The summed E-state index contributed by atoms with van der Waals surface area (Å²) >= 11 is 2.03. The van der Waals surface area contributed by atoms with E-state index >= 15 is 0 Å². The lowest BCUT2D eigenvalue weighted by molar-refractivity contribution is 0.00925. The van der Waals surface area contributed by atoms with E-state index in [1.54, 1.807) is 18.2 Å². The number of carbonyl (C=O) groups excluding carboxylic acids is 1. The van der Waals surface area contributed by atoms with Gasteiger partial charge in [-0.25, -0.2) is 4.79 Å². The summed E-state index contributed by atoms with van der Waals surface area (Å²) in [6.07, 6.45) is -1.02. The maximum Gasteiger partial charge on any atom is 0.339 e. The Morgan fingerprint density at radius 2 is 2.13 bits per heavy atom. The van der Waals surface area contributed by atoms with Crippen molar-refractivity contribution in [2.75, 3.05) is 13.2 Å². The van der Waals surface area contributed by atoms with Gasteiger partial charge in [-0.05, 0) is 34.7 Å². The molecule has 0 aliphatic rings. The molecule has 2 N–H and O–H groups in total. The molecular weight excluding hydrogens is 311 g/mol. The van der Waals surface area contributed by atoms with Crippen LogP contribution in [0, 0.1) is 3.57 Å². The summed E-state index contributed by atoms with van der Waals surface area (Å²) in [6, 6.07) is 7.00.